The number of carbonyl (C=O) groups excluding carboxylic acids is 1. The van der Waals surface area contributed by atoms with Crippen LogP contribution in [-0.2, 0) is 0 Å². The topological polar surface area (TPSA) is 41.1 Å². The van der Waals surface area contributed by atoms with E-state index in [1.165, 1.54) is 0 Å². The average Bonchev–Trinajstić information content (AvgIpc) is 2.41. The molecule has 0 aromatic heterocycles. The molecule has 0 fully saturated rings. The molecule has 2 N–H and O–H groups in total. The molecule has 0 aliphatic carbocycles. The summed E-state index contributed by atoms with van der Waals surface area (Å²) >= 11 is 3.41. The van der Waals surface area contributed by atoms with E-state index in [-0.39, 0.29) is 5.91 Å². The van der Waals surface area contributed by atoms with Gasteiger partial charge in [0.15, 0.2) is 0 Å². The van der Waals surface area contributed by atoms with Crippen molar-refractivity contribution in [3.63, 3.8) is 0 Å². The molecule has 0 unspecified atom stereocenters. The van der Waals surface area contributed by atoms with Crippen molar-refractivity contribution in [2.75, 3.05) is 17.7 Å². The van der Waals surface area contributed by atoms with E-state index in [4.69, 9.17) is 0 Å². The molecular formula is C15H15BrN2O. The Morgan fingerprint density at radius 3 is 2.53 bits per heavy atom. The Kier molecular flexibility index (Phi) is 4.22. The van der Waals surface area contributed by atoms with Crippen molar-refractivity contribution in [2.24, 2.45) is 0 Å². The van der Waals surface area contributed by atoms with Crippen LogP contribution in [0.5, 0.6) is 0 Å². The second kappa shape index (κ2) is 5.89. The SMILES string of the molecule is CNc1ccccc1C(=O)Nc1ccc(Br)cc1C. The molecule has 0 spiro atoms. The van der Waals surface area contributed by atoms with Gasteiger partial charge in [-0.1, -0.05) is 28.1 Å². The lowest BCUT2D eigenvalue weighted by molar-refractivity contribution is 0.102. The molecule has 1 amide bonds. The summed E-state index contributed by atoms with van der Waals surface area (Å²) < 4.78 is 0.999. The average molecular weight is 319 g/mol. The van der Waals surface area contributed by atoms with Crippen LogP contribution in [0, 0.1) is 6.92 Å². The molecule has 0 aliphatic heterocycles. The van der Waals surface area contributed by atoms with Gasteiger partial charge < -0.3 is 10.6 Å². The Balaban J connectivity index is 2.26. The van der Waals surface area contributed by atoms with Gasteiger partial charge in [-0.15, -0.1) is 0 Å². The monoisotopic (exact) mass is 318 g/mol. The van der Waals surface area contributed by atoms with E-state index in [1.807, 2.05) is 43.3 Å². The maximum atomic E-state index is 12.3. The lowest BCUT2D eigenvalue weighted by Crippen LogP contribution is -2.14. The number of anilines is 2. The number of rotatable bonds is 3. The number of benzene rings is 2. The number of aryl methyl sites for hydroxylation is 1. The minimum Gasteiger partial charge on any atom is -0.387 e. The van der Waals surface area contributed by atoms with E-state index in [0.717, 1.165) is 21.4 Å². The number of hydrogen-bond acceptors (Lipinski definition) is 2. The quantitative estimate of drug-likeness (QED) is 0.896. The number of amides is 1. The summed E-state index contributed by atoms with van der Waals surface area (Å²) in [6, 6.07) is 13.2. The second-order valence-corrected chi connectivity index (χ2v) is 5.12. The van der Waals surface area contributed by atoms with Crippen LogP contribution in [0.15, 0.2) is 46.9 Å². The van der Waals surface area contributed by atoms with Crippen LogP contribution in [0.3, 0.4) is 0 Å². The number of carbonyl (C=O) groups is 1. The summed E-state index contributed by atoms with van der Waals surface area (Å²) in [5.74, 6) is -0.115. The standard InChI is InChI=1S/C15H15BrN2O/c1-10-9-11(16)7-8-13(10)18-15(19)12-5-3-4-6-14(12)17-2/h3-9,17H,1-2H3,(H,18,19). The maximum absolute atomic E-state index is 12.3. The molecule has 0 radical (unpaired) electrons. The van der Waals surface area contributed by atoms with Crippen molar-refractivity contribution in [1.29, 1.82) is 0 Å². The number of halogens is 1. The summed E-state index contributed by atoms with van der Waals surface area (Å²) in [4.78, 5) is 12.3. The zero-order valence-electron chi connectivity index (χ0n) is 10.8. The summed E-state index contributed by atoms with van der Waals surface area (Å²) in [5.41, 5.74) is 3.28. The van der Waals surface area contributed by atoms with Crippen LogP contribution in [0.4, 0.5) is 11.4 Å². The maximum Gasteiger partial charge on any atom is 0.257 e. The van der Waals surface area contributed by atoms with E-state index >= 15 is 0 Å². The van der Waals surface area contributed by atoms with Gasteiger partial charge >= 0.3 is 0 Å². The van der Waals surface area contributed by atoms with Crippen LogP contribution >= 0.6 is 15.9 Å². The summed E-state index contributed by atoms with van der Waals surface area (Å²) in [6.45, 7) is 1.96. The molecular weight excluding hydrogens is 304 g/mol. The van der Waals surface area contributed by atoms with Crippen molar-refractivity contribution in [1.82, 2.24) is 0 Å². The lowest BCUT2D eigenvalue weighted by Gasteiger charge is -2.11. The molecule has 98 valence electrons. The number of nitrogens with one attached hydrogen (secondary N) is 2. The second-order valence-electron chi connectivity index (χ2n) is 4.21. The zero-order valence-corrected chi connectivity index (χ0v) is 12.4. The van der Waals surface area contributed by atoms with Crippen LogP contribution in [-0.4, -0.2) is 13.0 Å². The lowest BCUT2D eigenvalue weighted by atomic mass is 10.1. The van der Waals surface area contributed by atoms with Crippen molar-refractivity contribution in [2.45, 2.75) is 6.92 Å². The molecule has 4 heteroatoms. The highest BCUT2D eigenvalue weighted by Gasteiger charge is 2.11. The van der Waals surface area contributed by atoms with E-state index in [1.54, 1.807) is 13.1 Å². The van der Waals surface area contributed by atoms with Crippen LogP contribution in [0.2, 0.25) is 0 Å². The Bertz CT molecular complexity index is 611. The number of para-hydroxylation sites is 1. The van der Waals surface area contributed by atoms with E-state index in [0.29, 0.717) is 5.56 Å². The predicted octanol–water partition coefficient (Wildman–Crippen LogP) is 4.05. The molecule has 2 rings (SSSR count). The highest BCUT2D eigenvalue weighted by molar-refractivity contribution is 9.10. The van der Waals surface area contributed by atoms with Crippen molar-refractivity contribution in [3.05, 3.63) is 58.1 Å². The third-order valence-electron chi connectivity index (χ3n) is 2.88. The molecule has 0 aliphatic rings. The molecule has 3 nitrogen and oxygen atoms in total. The van der Waals surface area contributed by atoms with Gasteiger partial charge in [0.25, 0.3) is 5.91 Å². The third kappa shape index (κ3) is 3.15. The van der Waals surface area contributed by atoms with Crippen LogP contribution < -0.4 is 10.6 Å². The van der Waals surface area contributed by atoms with E-state index in [9.17, 15) is 4.79 Å². The predicted molar refractivity (Wildman–Crippen MR) is 82.8 cm³/mol. The Hall–Kier alpha value is -1.81. The van der Waals surface area contributed by atoms with Crippen molar-refractivity contribution < 1.29 is 4.79 Å². The minimum atomic E-state index is -0.115. The fraction of sp³-hybridized carbons (Fsp3) is 0.133. The first-order valence-corrected chi connectivity index (χ1v) is 6.75. The molecule has 2 aromatic rings. The zero-order chi connectivity index (χ0) is 13.8. The largest absolute Gasteiger partial charge is 0.387 e. The van der Waals surface area contributed by atoms with Gasteiger partial charge in [-0.3, -0.25) is 4.79 Å². The first-order chi connectivity index (χ1) is 9.11. The van der Waals surface area contributed by atoms with Crippen LogP contribution in [0.1, 0.15) is 15.9 Å². The first kappa shape index (κ1) is 13.6. The van der Waals surface area contributed by atoms with Gasteiger partial charge in [-0.2, -0.15) is 0 Å². The highest BCUT2D eigenvalue weighted by atomic mass is 79.9. The molecule has 2 aromatic carbocycles. The fourth-order valence-corrected chi connectivity index (χ4v) is 2.33. The smallest absolute Gasteiger partial charge is 0.257 e. The third-order valence-corrected chi connectivity index (χ3v) is 3.37. The Morgan fingerprint density at radius 1 is 1.11 bits per heavy atom. The van der Waals surface area contributed by atoms with Gasteiger partial charge in [0.05, 0.1) is 5.56 Å². The van der Waals surface area contributed by atoms with Gasteiger partial charge in [-0.05, 0) is 42.8 Å². The van der Waals surface area contributed by atoms with Crippen molar-refractivity contribution >= 4 is 33.2 Å². The summed E-state index contributed by atoms with van der Waals surface area (Å²) in [5, 5.41) is 5.95. The molecule has 0 bridgehead atoms. The number of hydrogen-bond donors (Lipinski definition) is 2. The van der Waals surface area contributed by atoms with Crippen LogP contribution in [0.25, 0.3) is 0 Å². The molecule has 0 atom stereocenters. The Labute approximate surface area is 121 Å². The van der Waals surface area contributed by atoms with E-state index < -0.39 is 0 Å². The molecule has 19 heavy (non-hydrogen) atoms. The van der Waals surface area contributed by atoms with Gasteiger partial charge in [0, 0.05) is 22.9 Å². The highest BCUT2D eigenvalue weighted by Crippen LogP contribution is 2.22. The molecule has 0 saturated heterocycles. The molecule has 0 heterocycles. The molecule has 0 saturated carbocycles. The van der Waals surface area contributed by atoms with Gasteiger partial charge in [0.2, 0.25) is 0 Å². The van der Waals surface area contributed by atoms with Crippen molar-refractivity contribution in [3.8, 4) is 0 Å². The Morgan fingerprint density at radius 2 is 1.84 bits per heavy atom. The van der Waals surface area contributed by atoms with Gasteiger partial charge in [-0.25, -0.2) is 0 Å². The normalized spacial score (nSPS) is 10.1. The first-order valence-electron chi connectivity index (χ1n) is 5.96. The summed E-state index contributed by atoms with van der Waals surface area (Å²) in [6.07, 6.45) is 0. The minimum absolute atomic E-state index is 0.115. The van der Waals surface area contributed by atoms with Gasteiger partial charge in [0.1, 0.15) is 0 Å². The fourth-order valence-electron chi connectivity index (χ4n) is 1.86. The summed E-state index contributed by atoms with van der Waals surface area (Å²) in [7, 11) is 1.80. The van der Waals surface area contributed by atoms with E-state index in [2.05, 4.69) is 26.6 Å².